The van der Waals surface area contributed by atoms with Crippen molar-refractivity contribution in [3.63, 3.8) is 0 Å². The van der Waals surface area contributed by atoms with E-state index in [9.17, 15) is 0 Å². The molecule has 2 aromatic heterocycles. The minimum atomic E-state index is -0.106. The number of hydrogen-bond donors (Lipinski definition) is 0. The summed E-state index contributed by atoms with van der Waals surface area (Å²) in [6, 6.07) is 44.0. The minimum absolute atomic E-state index is 0.106. The van der Waals surface area contributed by atoms with Crippen molar-refractivity contribution in [1.82, 2.24) is 14.1 Å². The van der Waals surface area contributed by atoms with E-state index in [2.05, 4.69) is 144 Å². The highest BCUT2D eigenvalue weighted by Crippen LogP contribution is 2.55. The van der Waals surface area contributed by atoms with Crippen molar-refractivity contribution in [3.8, 4) is 22.5 Å². The highest BCUT2D eigenvalue weighted by atomic mass is 15.1. The molecule has 0 aliphatic heterocycles. The Morgan fingerprint density at radius 3 is 2.15 bits per heavy atom. The summed E-state index contributed by atoms with van der Waals surface area (Å²) < 4.78 is 4.66. The second kappa shape index (κ2) is 7.96. The highest BCUT2D eigenvalue weighted by Gasteiger charge is 2.38. The van der Waals surface area contributed by atoms with Crippen LogP contribution in [0.3, 0.4) is 0 Å². The van der Waals surface area contributed by atoms with Crippen molar-refractivity contribution in [3.05, 3.63) is 139 Å². The van der Waals surface area contributed by atoms with E-state index in [0.717, 1.165) is 22.4 Å². The van der Waals surface area contributed by atoms with Gasteiger partial charge in [0.1, 0.15) is 11.8 Å². The van der Waals surface area contributed by atoms with Crippen LogP contribution in [0.2, 0.25) is 0 Å². The fourth-order valence-corrected chi connectivity index (χ4v) is 7.29. The zero-order chi connectivity index (χ0) is 27.3. The first-order valence-electron chi connectivity index (χ1n) is 14.2. The molecule has 0 fully saturated rings. The van der Waals surface area contributed by atoms with Crippen molar-refractivity contribution in [2.75, 3.05) is 0 Å². The fourth-order valence-electron chi connectivity index (χ4n) is 7.29. The Labute approximate surface area is 237 Å². The summed E-state index contributed by atoms with van der Waals surface area (Å²) in [5.74, 6) is 0. The predicted octanol–water partition coefficient (Wildman–Crippen LogP) is 9.58. The molecule has 2 heterocycles. The highest BCUT2D eigenvalue weighted by molar-refractivity contribution is 6.19. The first-order valence-corrected chi connectivity index (χ1v) is 14.2. The van der Waals surface area contributed by atoms with Crippen LogP contribution in [0.25, 0.3) is 66.1 Å². The van der Waals surface area contributed by atoms with Crippen LogP contribution in [-0.2, 0) is 5.41 Å². The van der Waals surface area contributed by atoms with E-state index in [1.54, 1.807) is 0 Å². The van der Waals surface area contributed by atoms with Gasteiger partial charge in [-0.1, -0.05) is 105 Å². The van der Waals surface area contributed by atoms with Gasteiger partial charge in [0.25, 0.3) is 0 Å². The van der Waals surface area contributed by atoms with Gasteiger partial charge in [-0.3, -0.25) is 4.57 Å². The largest absolute Gasteiger partial charge is 0.306 e. The van der Waals surface area contributed by atoms with Crippen LogP contribution >= 0.6 is 0 Å². The van der Waals surface area contributed by atoms with Crippen LogP contribution in [0.5, 0.6) is 0 Å². The van der Waals surface area contributed by atoms with E-state index in [1.165, 1.54) is 54.8 Å². The van der Waals surface area contributed by atoms with E-state index < -0.39 is 0 Å². The number of aromatic nitrogens is 3. The predicted molar refractivity (Wildman–Crippen MR) is 170 cm³/mol. The van der Waals surface area contributed by atoms with E-state index in [-0.39, 0.29) is 5.41 Å². The second-order valence-corrected chi connectivity index (χ2v) is 11.7. The van der Waals surface area contributed by atoms with Gasteiger partial charge in [0.15, 0.2) is 0 Å². The number of fused-ring (bicyclic) bond motifs is 10. The van der Waals surface area contributed by atoms with Gasteiger partial charge in [0.2, 0.25) is 0 Å². The van der Waals surface area contributed by atoms with Crippen molar-refractivity contribution in [2.45, 2.75) is 19.3 Å². The Morgan fingerprint density at radius 2 is 1.27 bits per heavy atom. The number of benzene rings is 6. The minimum Gasteiger partial charge on any atom is -0.306 e. The van der Waals surface area contributed by atoms with E-state index in [0.29, 0.717) is 0 Å². The summed E-state index contributed by atoms with van der Waals surface area (Å²) in [6.07, 6.45) is 1.95. The van der Waals surface area contributed by atoms with Crippen LogP contribution in [0.15, 0.2) is 128 Å². The maximum absolute atomic E-state index is 5.02. The SMILES string of the molecule is CC1(C)c2ccc3ccccc3c2-c2c1ccc1c3ccccc3n(-c3cccc4c3ncn4-c3ccccc3)c21. The summed E-state index contributed by atoms with van der Waals surface area (Å²) in [5.41, 5.74) is 12.1. The summed E-state index contributed by atoms with van der Waals surface area (Å²) >= 11 is 0. The molecule has 0 spiro atoms. The Bertz CT molecular complexity index is 2330. The van der Waals surface area contributed by atoms with Crippen molar-refractivity contribution < 1.29 is 0 Å². The topological polar surface area (TPSA) is 22.8 Å². The molecule has 6 aromatic carbocycles. The van der Waals surface area contributed by atoms with Crippen molar-refractivity contribution in [2.24, 2.45) is 0 Å². The molecule has 9 rings (SSSR count). The molecule has 0 N–H and O–H groups in total. The zero-order valence-electron chi connectivity index (χ0n) is 23.0. The number of imidazole rings is 1. The van der Waals surface area contributed by atoms with Gasteiger partial charge < -0.3 is 4.57 Å². The summed E-state index contributed by atoms with van der Waals surface area (Å²) in [5, 5.41) is 5.12. The first-order chi connectivity index (χ1) is 20.1. The Hall–Kier alpha value is -5.15. The lowest BCUT2D eigenvalue weighted by atomic mass is 9.82. The third-order valence-corrected chi connectivity index (χ3v) is 9.19. The number of para-hydroxylation sites is 3. The number of rotatable bonds is 2. The van der Waals surface area contributed by atoms with Gasteiger partial charge in [-0.2, -0.15) is 0 Å². The van der Waals surface area contributed by atoms with E-state index in [1.807, 2.05) is 6.33 Å². The summed E-state index contributed by atoms with van der Waals surface area (Å²) in [6.45, 7) is 4.74. The van der Waals surface area contributed by atoms with E-state index >= 15 is 0 Å². The quantitative estimate of drug-likeness (QED) is 0.220. The lowest BCUT2D eigenvalue weighted by Gasteiger charge is -2.21. The molecule has 0 amide bonds. The Balaban J connectivity index is 1.47. The van der Waals surface area contributed by atoms with Gasteiger partial charge in [0, 0.05) is 27.4 Å². The number of hydrogen-bond acceptors (Lipinski definition) is 1. The first kappa shape index (κ1) is 22.6. The van der Waals surface area contributed by atoms with Crippen LogP contribution in [-0.4, -0.2) is 14.1 Å². The standard InChI is InChI=1S/C38H27N3/c1-38(2)29-21-19-24-11-6-7-14-26(24)34(29)35-30(38)22-20-28-27-15-8-9-16-31(27)41(37(28)35)33-18-10-17-32-36(33)39-23-40(32)25-12-4-3-5-13-25/h3-23H,1-2H3. The van der Waals surface area contributed by atoms with Gasteiger partial charge in [-0.25, -0.2) is 4.98 Å². The molecule has 1 aliphatic rings. The van der Waals surface area contributed by atoms with Gasteiger partial charge in [0.05, 0.1) is 22.2 Å². The monoisotopic (exact) mass is 525 g/mol. The van der Waals surface area contributed by atoms with Gasteiger partial charge >= 0.3 is 0 Å². The molecule has 1 aliphatic carbocycles. The third kappa shape index (κ3) is 2.90. The molecular weight excluding hydrogens is 498 g/mol. The maximum Gasteiger partial charge on any atom is 0.113 e. The van der Waals surface area contributed by atoms with Gasteiger partial charge in [-0.05, 0) is 57.8 Å². The average molecular weight is 526 g/mol. The van der Waals surface area contributed by atoms with Crippen LogP contribution in [0, 0.1) is 0 Å². The third-order valence-electron chi connectivity index (χ3n) is 9.19. The maximum atomic E-state index is 5.02. The molecule has 0 radical (unpaired) electrons. The fraction of sp³-hybridized carbons (Fsp3) is 0.0789. The summed E-state index contributed by atoms with van der Waals surface area (Å²) in [4.78, 5) is 5.02. The molecule has 41 heavy (non-hydrogen) atoms. The van der Waals surface area contributed by atoms with Crippen LogP contribution in [0.4, 0.5) is 0 Å². The number of nitrogens with zero attached hydrogens (tertiary/aromatic N) is 3. The van der Waals surface area contributed by atoms with Crippen LogP contribution < -0.4 is 0 Å². The normalized spacial score (nSPS) is 13.8. The second-order valence-electron chi connectivity index (χ2n) is 11.7. The smallest absolute Gasteiger partial charge is 0.113 e. The van der Waals surface area contributed by atoms with E-state index in [4.69, 9.17) is 4.98 Å². The van der Waals surface area contributed by atoms with Crippen LogP contribution in [0.1, 0.15) is 25.0 Å². The van der Waals surface area contributed by atoms with Crippen molar-refractivity contribution >= 4 is 43.6 Å². The molecule has 8 aromatic rings. The molecule has 0 saturated carbocycles. The Kier molecular flexibility index (Phi) is 4.39. The lowest BCUT2D eigenvalue weighted by molar-refractivity contribution is 0.661. The molecule has 3 nitrogen and oxygen atoms in total. The molecule has 0 unspecified atom stereocenters. The molecular formula is C38H27N3. The zero-order valence-corrected chi connectivity index (χ0v) is 23.0. The molecule has 0 bridgehead atoms. The molecule has 3 heteroatoms. The van der Waals surface area contributed by atoms with Gasteiger partial charge in [-0.15, -0.1) is 0 Å². The molecule has 0 saturated heterocycles. The Morgan fingerprint density at radius 1 is 0.561 bits per heavy atom. The lowest BCUT2D eigenvalue weighted by Crippen LogP contribution is -2.14. The van der Waals surface area contributed by atoms with Crippen molar-refractivity contribution in [1.29, 1.82) is 0 Å². The molecule has 0 atom stereocenters. The average Bonchev–Trinajstić information content (AvgIpc) is 3.66. The molecule has 194 valence electrons. The summed E-state index contributed by atoms with van der Waals surface area (Å²) in [7, 11) is 0.